The van der Waals surface area contributed by atoms with Crippen molar-refractivity contribution in [3.63, 3.8) is 0 Å². The molecule has 1 saturated heterocycles. The van der Waals surface area contributed by atoms with E-state index in [4.69, 9.17) is 25.9 Å². The zero-order valence-corrected chi connectivity index (χ0v) is 91.8. The zero-order valence-electron chi connectivity index (χ0n) is 78.7. The van der Waals surface area contributed by atoms with E-state index in [1.54, 1.807) is 96.7 Å². The second-order valence-corrected chi connectivity index (χ2v) is 28.9. The summed E-state index contributed by atoms with van der Waals surface area (Å²) in [4.78, 5) is 56.8. The molecule has 0 bridgehead atoms. The number of thioether (sulfide) groups is 4. The number of nitrogens with one attached hydrogen (secondary N) is 2. The first-order chi connectivity index (χ1) is 55.5. The molecule has 1 heterocycles. The predicted octanol–water partition coefficient (Wildman–Crippen LogP) is 30.4. The van der Waals surface area contributed by atoms with Gasteiger partial charge in [-0.05, 0) is 328 Å². The molecule has 1 atom stereocenters. The third kappa shape index (κ3) is 120. The van der Waals surface area contributed by atoms with Crippen molar-refractivity contribution in [2.75, 3.05) is 50.7 Å². The number of urea groups is 1. The van der Waals surface area contributed by atoms with E-state index in [1.165, 1.54) is 97.7 Å². The van der Waals surface area contributed by atoms with Gasteiger partial charge in [0.1, 0.15) is 24.9 Å². The highest BCUT2D eigenvalue weighted by atomic mass is 127. The number of imide groups is 1. The van der Waals surface area contributed by atoms with E-state index in [0.29, 0.717) is 0 Å². The number of terminal acetylenes is 1. The maximum Gasteiger partial charge on any atom is 0.322 e. The van der Waals surface area contributed by atoms with Crippen LogP contribution in [-0.2, 0) is 36.8 Å². The Hall–Kier alpha value is -4.30. The van der Waals surface area contributed by atoms with Crippen LogP contribution in [0.1, 0.15) is 215 Å². The van der Waals surface area contributed by atoms with Crippen molar-refractivity contribution in [1.82, 2.24) is 10.6 Å². The number of hydrogen-bond donors (Lipinski definition) is 6. The molecule has 1 unspecified atom stereocenters. The van der Waals surface area contributed by atoms with Gasteiger partial charge in [0, 0.05) is 129 Å². The Morgan fingerprint density at radius 1 is 0.425 bits per heavy atom. The van der Waals surface area contributed by atoms with E-state index in [0.717, 1.165) is 45.6 Å². The van der Waals surface area contributed by atoms with Crippen molar-refractivity contribution in [3.8, 4) is 24.2 Å². The lowest BCUT2D eigenvalue weighted by Gasteiger charge is -2.01. The highest BCUT2D eigenvalue weighted by Crippen LogP contribution is 2.37. The van der Waals surface area contributed by atoms with E-state index in [2.05, 4.69) is 281 Å². The van der Waals surface area contributed by atoms with Crippen molar-refractivity contribution in [1.29, 1.82) is 0 Å². The average molecular weight is 2130 g/mol. The van der Waals surface area contributed by atoms with Crippen LogP contribution in [0.3, 0.4) is 0 Å². The third-order valence-electron chi connectivity index (χ3n) is 10.4. The molecule has 0 aliphatic carbocycles. The molecule has 1 aliphatic rings. The molecule has 673 valence electrons. The van der Waals surface area contributed by atoms with E-state index in [1.807, 2.05) is 216 Å². The molecular weight excluding hydrogens is 1970 g/mol. The van der Waals surface area contributed by atoms with Gasteiger partial charge >= 0.3 is 6.03 Å². The highest BCUT2D eigenvalue weighted by molar-refractivity contribution is 14.1. The Bertz CT molecular complexity index is 3210. The van der Waals surface area contributed by atoms with Crippen molar-refractivity contribution in [3.05, 3.63) is 222 Å². The maximum atomic E-state index is 10.4. The summed E-state index contributed by atoms with van der Waals surface area (Å²) in [5, 5.41) is 4.44. The number of anilines is 2. The van der Waals surface area contributed by atoms with E-state index in [9.17, 15) is 9.59 Å². The van der Waals surface area contributed by atoms with Gasteiger partial charge in [0.25, 0.3) is 0 Å². The monoisotopic (exact) mass is 2130 g/mol. The Labute approximate surface area is 829 Å². The first kappa shape index (κ1) is 159. The minimum Gasteiger partial charge on any atom is -0.399 e. The smallest absolute Gasteiger partial charge is 0.322 e. The minimum atomic E-state index is -0.400. The molecule has 0 aromatic heterocycles. The zero-order chi connectivity index (χ0) is 92.0. The van der Waals surface area contributed by atoms with E-state index >= 15 is 0 Å². The Balaban J connectivity index is -0.0000000454. The topological polar surface area (TPSA) is 171 Å². The minimum absolute atomic E-state index is 0. The number of carbonyl (C=O) groups excluding carboxylic acids is 5. The molecule has 1 aliphatic heterocycles. The Morgan fingerprint density at radius 2 is 0.625 bits per heavy atom. The molecule has 6 N–H and O–H groups in total. The number of nitrogen functional groups attached to an aromatic ring is 2. The molecule has 10 nitrogen and oxygen atoms in total. The van der Waals surface area contributed by atoms with Crippen LogP contribution in [0.5, 0.6) is 0 Å². The summed E-state index contributed by atoms with van der Waals surface area (Å²) in [5.74, 6) is 7.86. The number of ether oxygens (including phenoxy) is 1. The van der Waals surface area contributed by atoms with Gasteiger partial charge in [0.15, 0.2) is 0 Å². The van der Waals surface area contributed by atoms with Crippen LogP contribution in [0.15, 0.2) is 233 Å². The Morgan fingerprint density at radius 3 is 0.808 bits per heavy atom. The number of amides is 3. The maximum absolute atomic E-state index is 10.4. The van der Waals surface area contributed by atoms with Crippen LogP contribution in [0.25, 0.3) is 0 Å². The number of rotatable bonds is 11. The summed E-state index contributed by atoms with van der Waals surface area (Å²) in [6, 6.07) is 65.5. The van der Waals surface area contributed by atoms with Crippen LogP contribution in [-0.4, -0.2) is 118 Å². The Kier molecular flexibility index (Phi) is 183. The normalized spacial score (nSPS) is 8.75. The second kappa shape index (κ2) is 138. The largest absolute Gasteiger partial charge is 0.399 e. The fraction of sp³-hybridized carbons (Fsp3) is 0.394. The van der Waals surface area contributed by atoms with Crippen molar-refractivity contribution < 1.29 is 34.4 Å². The standard InChI is InChI=1S/C12H10INS2.2C10H14S.C10H10S.C7H7IS.C6H5IS.C6H7NS.C4H6N2O2.C3H4.C2H6O.3C2H4O.9C2H6.5B.4H2/c13-9-1-5-11(6-2-9)15-16-12-7-3-10(14)4-8-12;3*1-3-4-9-5-7-10(11-2)8-6-9;1-9-7-4-2-6(8)3-5-7;2*7-5-1-3-6(8)4-2-5;1-2-3(7)6-4(8)5-2;2*1-3-2;3*1-2-3;9*1-2;;;;;;;;;/h1-8H,14H2;2*5-8H,3-4H2,1-2H3;5-8H,1-2H3;2-5H,1H3;1-4,8H;1-4,8H,7H2;2H,1H3,(H2,5,6,7,8);1H,2H3;1-2H3;3*2H,1H3;9*1-2H3;;;;;;4*1H/i;;;;;;;;;;;;;;;;;;;;;;;;;;;4*1+1. The van der Waals surface area contributed by atoms with Crippen LogP contribution >= 0.6 is 162 Å². The first-order valence-electron chi connectivity index (χ1n) is 38.7. The fourth-order valence-electron chi connectivity index (χ4n) is 6.09. The van der Waals surface area contributed by atoms with Gasteiger partial charge in [-0.15, -0.1) is 90.6 Å². The first-order valence-corrected chi connectivity index (χ1v) is 49.8. The van der Waals surface area contributed by atoms with Gasteiger partial charge in [-0.2, -0.15) is 0 Å². The fourth-order valence-corrected chi connectivity index (χ4v) is 11.0. The molecule has 3 amide bonds. The molecule has 15 radical (unpaired) electrons. The summed E-state index contributed by atoms with van der Waals surface area (Å²) in [7, 11) is 6.76. The summed E-state index contributed by atoms with van der Waals surface area (Å²) >= 11 is 22.2. The number of aldehydes is 3. The third-order valence-corrected chi connectivity index (χ3v) is 18.6. The van der Waals surface area contributed by atoms with Gasteiger partial charge < -0.3 is 35.9 Å². The SMILES string of the molecule is C#CC.CC.CC.CC.CC.CC.CC.CC.CC.CC.CC#Cc1ccc(SC)cc1.CC1NC(=O)NC1=O.CC=O.CC=O.CC=O.CCCc1ccc(SC)cc1.CCCc1ccc(SC)cc1.COC.CSc1ccc(I)cc1.Nc1ccc(S)cc1.Nc1ccc(SSc2ccc(I)cc2)cc1.Sc1ccc(I)cc1.[2HH].[2HH].[2HH].[2HH].[B].[B].[B].[B].[B]. The molecule has 120 heavy (non-hydrogen) atoms. The number of methoxy groups -OCH3 is 1. The molecular formula is C94H157B5I3N4O6S8. The lowest BCUT2D eigenvalue weighted by molar-refractivity contribution is -0.119. The van der Waals surface area contributed by atoms with Gasteiger partial charge in [-0.3, -0.25) is 10.1 Å². The van der Waals surface area contributed by atoms with Gasteiger partial charge in [0.2, 0.25) is 5.91 Å². The summed E-state index contributed by atoms with van der Waals surface area (Å²) in [5.41, 5.74) is 16.6. The molecule has 8 aromatic carbocycles. The quantitative estimate of drug-likeness (QED) is 0.00832. The number of aryl methyl sites for hydroxylation is 2. The number of hydrogen-bond acceptors (Lipinski definition) is 16. The molecule has 9 rings (SSSR count). The van der Waals surface area contributed by atoms with Gasteiger partial charge in [-0.25, -0.2) is 4.79 Å². The van der Waals surface area contributed by atoms with Gasteiger partial charge in [-0.1, -0.05) is 203 Å². The van der Waals surface area contributed by atoms with E-state index in [-0.39, 0.29) is 59.7 Å². The molecule has 1 fully saturated rings. The summed E-state index contributed by atoms with van der Waals surface area (Å²) in [6.45, 7) is 49.9. The lowest BCUT2D eigenvalue weighted by Crippen LogP contribution is -2.24. The predicted molar refractivity (Wildman–Crippen MR) is 601 cm³/mol. The molecule has 0 saturated carbocycles. The second-order valence-electron chi connectivity index (χ2n) is 18.3. The van der Waals surface area contributed by atoms with Crippen molar-refractivity contribution >= 4 is 246 Å². The number of carbonyl (C=O) groups is 5. The van der Waals surface area contributed by atoms with Crippen LogP contribution in [0, 0.1) is 34.9 Å². The number of halogens is 3. The molecule has 26 heteroatoms. The van der Waals surface area contributed by atoms with Crippen molar-refractivity contribution in [2.24, 2.45) is 0 Å². The van der Waals surface area contributed by atoms with Crippen LogP contribution < -0.4 is 22.1 Å². The summed E-state index contributed by atoms with van der Waals surface area (Å²) < 4.78 is 8.06. The number of thiol groups is 2. The number of benzene rings is 8. The van der Waals surface area contributed by atoms with Gasteiger partial charge in [0.05, 0.1) is 0 Å². The van der Waals surface area contributed by atoms with Crippen LogP contribution in [0.4, 0.5) is 16.2 Å². The highest BCUT2D eigenvalue weighted by Gasteiger charge is 2.24. The molecule has 0 spiro atoms. The van der Waals surface area contributed by atoms with E-state index < -0.39 is 6.03 Å². The molecule has 8 aromatic rings. The van der Waals surface area contributed by atoms with Crippen LogP contribution in [0.2, 0.25) is 0 Å². The number of nitrogens with two attached hydrogens (primary N) is 2. The average Bonchev–Trinajstić information content (AvgIpc) is 1.80. The summed E-state index contributed by atoms with van der Waals surface area (Å²) in [6.07, 6.45) is 20.1. The van der Waals surface area contributed by atoms with Crippen molar-refractivity contribution in [2.45, 2.75) is 251 Å². The lowest BCUT2D eigenvalue weighted by atomic mass is 10.1.